The van der Waals surface area contributed by atoms with Gasteiger partial charge in [0.05, 0.1) is 10.6 Å². The zero-order valence-electron chi connectivity index (χ0n) is 11.1. The number of carbonyl (C=O) groups excluding carboxylic acids is 1. The number of carbonyl (C=O) groups is 1. The number of benzene rings is 1. The Kier molecular flexibility index (Phi) is 5.51. The maximum Gasteiger partial charge on any atom is 0.307 e. The summed E-state index contributed by atoms with van der Waals surface area (Å²) in [7, 11) is 0. The van der Waals surface area contributed by atoms with Crippen molar-refractivity contribution in [2.24, 2.45) is 0 Å². The summed E-state index contributed by atoms with van der Waals surface area (Å²) in [5.41, 5.74) is -1.30. The van der Waals surface area contributed by atoms with Crippen LogP contribution in [0.5, 0.6) is 0 Å². The topological polar surface area (TPSA) is 84.3 Å². The van der Waals surface area contributed by atoms with E-state index in [4.69, 9.17) is 0 Å². The van der Waals surface area contributed by atoms with E-state index in [0.29, 0.717) is 18.7 Å². The standard InChI is InChI=1S/C12H15F2N3O3/c1-7(2)15-4-3-12(18)16-10-6-11(17(19)20)9(14)5-8(10)13/h5-7,15H,3-4H2,1-2H3,(H,16,18). The van der Waals surface area contributed by atoms with Crippen molar-refractivity contribution in [1.82, 2.24) is 5.32 Å². The molecule has 6 nitrogen and oxygen atoms in total. The molecule has 1 aromatic carbocycles. The quantitative estimate of drug-likeness (QED) is 0.620. The van der Waals surface area contributed by atoms with Gasteiger partial charge in [-0.25, -0.2) is 4.39 Å². The van der Waals surface area contributed by atoms with Gasteiger partial charge in [-0.15, -0.1) is 0 Å². The number of rotatable bonds is 6. The van der Waals surface area contributed by atoms with Crippen LogP contribution in [-0.4, -0.2) is 23.4 Å². The number of halogens is 2. The summed E-state index contributed by atoms with van der Waals surface area (Å²) >= 11 is 0. The number of nitro benzene ring substituents is 1. The Hall–Kier alpha value is -2.09. The lowest BCUT2D eigenvalue weighted by Gasteiger charge is -2.09. The second-order valence-electron chi connectivity index (χ2n) is 4.45. The van der Waals surface area contributed by atoms with Crippen LogP contribution in [0, 0.1) is 21.7 Å². The van der Waals surface area contributed by atoms with Crippen LogP contribution in [0.4, 0.5) is 20.2 Å². The second-order valence-corrected chi connectivity index (χ2v) is 4.45. The zero-order chi connectivity index (χ0) is 15.3. The third-order valence-corrected chi connectivity index (χ3v) is 2.41. The summed E-state index contributed by atoms with van der Waals surface area (Å²) in [5, 5.41) is 15.7. The summed E-state index contributed by atoms with van der Waals surface area (Å²) in [6, 6.07) is 1.24. The smallest absolute Gasteiger partial charge is 0.307 e. The molecule has 0 unspecified atom stereocenters. The molecule has 0 spiro atoms. The number of nitro groups is 1. The van der Waals surface area contributed by atoms with E-state index >= 15 is 0 Å². The van der Waals surface area contributed by atoms with Crippen LogP contribution in [0.25, 0.3) is 0 Å². The van der Waals surface area contributed by atoms with Crippen molar-refractivity contribution in [2.75, 3.05) is 11.9 Å². The third-order valence-electron chi connectivity index (χ3n) is 2.41. The SMILES string of the molecule is CC(C)NCCC(=O)Nc1cc([N+](=O)[O-])c(F)cc1F. The summed E-state index contributed by atoms with van der Waals surface area (Å²) in [6.07, 6.45) is 0.0722. The Labute approximate surface area is 114 Å². The molecule has 1 rings (SSSR count). The van der Waals surface area contributed by atoms with Crippen molar-refractivity contribution in [3.8, 4) is 0 Å². The zero-order valence-corrected chi connectivity index (χ0v) is 11.1. The molecule has 0 bridgehead atoms. The van der Waals surface area contributed by atoms with Crippen molar-refractivity contribution in [3.63, 3.8) is 0 Å². The molecule has 0 heterocycles. The van der Waals surface area contributed by atoms with Gasteiger partial charge in [-0.05, 0) is 0 Å². The highest BCUT2D eigenvalue weighted by Crippen LogP contribution is 2.25. The molecule has 0 aromatic heterocycles. The van der Waals surface area contributed by atoms with Gasteiger partial charge in [0.2, 0.25) is 11.7 Å². The number of hydrogen-bond donors (Lipinski definition) is 2. The van der Waals surface area contributed by atoms with E-state index in [1.54, 1.807) is 0 Å². The molecule has 0 radical (unpaired) electrons. The molecule has 1 aromatic rings. The fourth-order valence-electron chi connectivity index (χ4n) is 1.46. The normalized spacial score (nSPS) is 10.7. The number of hydrogen-bond acceptors (Lipinski definition) is 4. The van der Waals surface area contributed by atoms with Gasteiger partial charge in [0.1, 0.15) is 5.82 Å². The summed E-state index contributed by atoms with van der Waals surface area (Å²) in [5.74, 6) is -2.86. The third kappa shape index (κ3) is 4.54. The largest absolute Gasteiger partial charge is 0.323 e. The van der Waals surface area contributed by atoms with E-state index in [-0.39, 0.29) is 12.5 Å². The molecule has 1 amide bonds. The maximum atomic E-state index is 13.4. The predicted octanol–water partition coefficient (Wildman–Crippen LogP) is 2.20. The molecule has 110 valence electrons. The van der Waals surface area contributed by atoms with E-state index in [1.165, 1.54) is 0 Å². The van der Waals surface area contributed by atoms with Crippen LogP contribution in [0.2, 0.25) is 0 Å². The van der Waals surface area contributed by atoms with E-state index in [1.807, 2.05) is 13.8 Å². The lowest BCUT2D eigenvalue weighted by molar-refractivity contribution is -0.387. The lowest BCUT2D eigenvalue weighted by atomic mass is 10.2. The fourth-order valence-corrected chi connectivity index (χ4v) is 1.46. The van der Waals surface area contributed by atoms with Crippen LogP contribution >= 0.6 is 0 Å². The van der Waals surface area contributed by atoms with Crippen molar-refractivity contribution in [2.45, 2.75) is 26.3 Å². The average Bonchev–Trinajstić information content (AvgIpc) is 2.31. The summed E-state index contributed by atoms with van der Waals surface area (Å²) < 4.78 is 26.5. The van der Waals surface area contributed by atoms with Crippen molar-refractivity contribution >= 4 is 17.3 Å². The molecular weight excluding hydrogens is 272 g/mol. The highest BCUT2D eigenvalue weighted by Gasteiger charge is 2.19. The molecule has 0 saturated carbocycles. The summed E-state index contributed by atoms with van der Waals surface area (Å²) in [6.45, 7) is 4.19. The van der Waals surface area contributed by atoms with Crippen LogP contribution in [0.1, 0.15) is 20.3 Å². The molecule has 0 fully saturated rings. The van der Waals surface area contributed by atoms with Gasteiger partial charge in [-0.1, -0.05) is 13.8 Å². The first kappa shape index (κ1) is 16.0. The average molecular weight is 287 g/mol. The monoisotopic (exact) mass is 287 g/mol. The van der Waals surface area contributed by atoms with Gasteiger partial charge in [-0.2, -0.15) is 4.39 Å². The van der Waals surface area contributed by atoms with Crippen molar-refractivity contribution in [1.29, 1.82) is 0 Å². The molecular formula is C12H15F2N3O3. The Balaban J connectivity index is 2.74. The van der Waals surface area contributed by atoms with Gasteiger partial charge in [-0.3, -0.25) is 14.9 Å². The number of anilines is 1. The van der Waals surface area contributed by atoms with Crippen LogP contribution in [0.3, 0.4) is 0 Å². The van der Waals surface area contributed by atoms with Crippen molar-refractivity contribution < 1.29 is 18.5 Å². The molecule has 0 aliphatic rings. The molecule has 0 aliphatic carbocycles. The molecule has 20 heavy (non-hydrogen) atoms. The highest BCUT2D eigenvalue weighted by atomic mass is 19.1. The molecule has 0 atom stereocenters. The van der Waals surface area contributed by atoms with Crippen LogP contribution in [-0.2, 0) is 4.79 Å². The number of nitrogens with zero attached hydrogens (tertiary/aromatic N) is 1. The Bertz CT molecular complexity index is 521. The predicted molar refractivity (Wildman–Crippen MR) is 69.4 cm³/mol. The lowest BCUT2D eigenvalue weighted by Crippen LogP contribution is -2.27. The van der Waals surface area contributed by atoms with Crippen LogP contribution in [0.15, 0.2) is 12.1 Å². The van der Waals surface area contributed by atoms with E-state index in [2.05, 4.69) is 10.6 Å². The summed E-state index contributed by atoms with van der Waals surface area (Å²) in [4.78, 5) is 21.1. The molecule has 0 saturated heterocycles. The van der Waals surface area contributed by atoms with E-state index < -0.39 is 33.8 Å². The minimum Gasteiger partial charge on any atom is -0.323 e. The maximum absolute atomic E-state index is 13.4. The van der Waals surface area contributed by atoms with E-state index in [0.717, 1.165) is 0 Å². The Morgan fingerprint density at radius 3 is 2.55 bits per heavy atom. The second kappa shape index (κ2) is 6.90. The first-order chi connectivity index (χ1) is 9.31. The molecule has 2 N–H and O–H groups in total. The van der Waals surface area contributed by atoms with Gasteiger partial charge in [0, 0.05) is 31.1 Å². The fraction of sp³-hybridized carbons (Fsp3) is 0.417. The first-order valence-corrected chi connectivity index (χ1v) is 5.98. The highest BCUT2D eigenvalue weighted by molar-refractivity contribution is 5.91. The minimum atomic E-state index is -1.29. The van der Waals surface area contributed by atoms with Gasteiger partial charge >= 0.3 is 5.69 Å². The molecule has 8 heteroatoms. The first-order valence-electron chi connectivity index (χ1n) is 5.98. The van der Waals surface area contributed by atoms with Gasteiger partial charge in [0.25, 0.3) is 0 Å². The van der Waals surface area contributed by atoms with Gasteiger partial charge in [0.15, 0.2) is 0 Å². The Morgan fingerprint density at radius 1 is 1.35 bits per heavy atom. The number of amides is 1. The number of nitrogens with one attached hydrogen (secondary N) is 2. The molecule has 0 aliphatic heterocycles. The van der Waals surface area contributed by atoms with Gasteiger partial charge < -0.3 is 10.6 Å². The van der Waals surface area contributed by atoms with Crippen molar-refractivity contribution in [3.05, 3.63) is 33.9 Å². The van der Waals surface area contributed by atoms with E-state index in [9.17, 15) is 23.7 Å². The Morgan fingerprint density at radius 2 is 2.00 bits per heavy atom. The van der Waals surface area contributed by atoms with Crippen LogP contribution < -0.4 is 10.6 Å². The minimum absolute atomic E-state index is 0.0722.